The van der Waals surface area contributed by atoms with Gasteiger partial charge in [0.25, 0.3) is 5.56 Å². The summed E-state index contributed by atoms with van der Waals surface area (Å²) in [6.45, 7) is 1.27. The first-order chi connectivity index (χ1) is 15.1. The standard InChI is InChI=1S/C22H17F3N2O5/c1-12(28)31-11-15-10-27(21(30)32-15)14-7-6-13-8-19(26-20(29)17(13)9-14)16-4-2-3-5-18(16)22(23,24)25/h2-9,15H,10-11H2,1H3,(H,26,29)/t15-/m0/s1. The number of nitrogens with one attached hydrogen (secondary N) is 1. The number of halogens is 3. The van der Waals surface area contributed by atoms with Crippen LogP contribution in [-0.2, 0) is 20.4 Å². The van der Waals surface area contributed by atoms with E-state index in [0.29, 0.717) is 11.1 Å². The molecule has 10 heteroatoms. The molecule has 4 rings (SSSR count). The van der Waals surface area contributed by atoms with Gasteiger partial charge >= 0.3 is 18.2 Å². The third-order valence-electron chi connectivity index (χ3n) is 5.01. The predicted molar refractivity (Wildman–Crippen MR) is 109 cm³/mol. The number of pyridine rings is 1. The minimum Gasteiger partial charge on any atom is -0.462 e. The molecule has 1 atom stereocenters. The summed E-state index contributed by atoms with van der Waals surface area (Å²) >= 11 is 0. The van der Waals surface area contributed by atoms with Crippen molar-refractivity contribution >= 4 is 28.5 Å². The van der Waals surface area contributed by atoms with E-state index in [1.54, 1.807) is 12.1 Å². The molecular weight excluding hydrogens is 429 g/mol. The lowest BCUT2D eigenvalue weighted by Crippen LogP contribution is -2.26. The van der Waals surface area contributed by atoms with E-state index in [1.165, 1.54) is 42.2 Å². The molecule has 7 nitrogen and oxygen atoms in total. The van der Waals surface area contributed by atoms with Crippen LogP contribution in [0.25, 0.3) is 22.0 Å². The second kappa shape index (κ2) is 8.03. The van der Waals surface area contributed by atoms with Crippen molar-refractivity contribution in [3.05, 3.63) is 64.4 Å². The van der Waals surface area contributed by atoms with E-state index in [4.69, 9.17) is 9.47 Å². The highest BCUT2D eigenvalue weighted by Crippen LogP contribution is 2.36. The number of H-pyrrole nitrogens is 1. The number of aromatic amines is 1. The summed E-state index contributed by atoms with van der Waals surface area (Å²) in [5.74, 6) is -0.500. The molecule has 2 heterocycles. The highest BCUT2D eigenvalue weighted by molar-refractivity contribution is 5.94. The molecule has 2 aromatic carbocycles. The van der Waals surface area contributed by atoms with E-state index >= 15 is 0 Å². The monoisotopic (exact) mass is 446 g/mol. The average Bonchev–Trinajstić information content (AvgIpc) is 3.12. The van der Waals surface area contributed by atoms with Crippen LogP contribution in [0.5, 0.6) is 0 Å². The van der Waals surface area contributed by atoms with E-state index < -0.39 is 35.5 Å². The Labute approximate surface area is 179 Å². The van der Waals surface area contributed by atoms with Crippen molar-refractivity contribution in [2.24, 2.45) is 0 Å². The summed E-state index contributed by atoms with van der Waals surface area (Å²) < 4.78 is 50.1. The van der Waals surface area contributed by atoms with Gasteiger partial charge in [0, 0.05) is 29.3 Å². The molecule has 1 amide bonds. The fourth-order valence-corrected chi connectivity index (χ4v) is 3.56. The van der Waals surface area contributed by atoms with Crippen LogP contribution in [0, 0.1) is 0 Å². The van der Waals surface area contributed by atoms with Crippen LogP contribution < -0.4 is 10.5 Å². The van der Waals surface area contributed by atoms with Gasteiger partial charge in [-0.25, -0.2) is 4.79 Å². The molecule has 0 radical (unpaired) electrons. The van der Waals surface area contributed by atoms with Crippen LogP contribution in [0.2, 0.25) is 0 Å². The number of ether oxygens (including phenoxy) is 2. The number of anilines is 1. The van der Waals surface area contributed by atoms with E-state index in [1.807, 2.05) is 0 Å². The maximum absolute atomic E-state index is 13.4. The zero-order valence-corrected chi connectivity index (χ0v) is 16.7. The van der Waals surface area contributed by atoms with Crippen LogP contribution in [-0.4, -0.2) is 36.3 Å². The first-order valence-corrected chi connectivity index (χ1v) is 9.58. The van der Waals surface area contributed by atoms with Gasteiger partial charge in [0.15, 0.2) is 6.10 Å². The van der Waals surface area contributed by atoms with Crippen molar-refractivity contribution < 1.29 is 32.2 Å². The molecule has 1 N–H and O–H groups in total. The third kappa shape index (κ3) is 4.16. The lowest BCUT2D eigenvalue weighted by Gasteiger charge is -2.15. The van der Waals surface area contributed by atoms with Crippen LogP contribution in [0.15, 0.2) is 53.3 Å². The van der Waals surface area contributed by atoms with Crippen LogP contribution in [0.1, 0.15) is 12.5 Å². The van der Waals surface area contributed by atoms with Crippen molar-refractivity contribution in [2.45, 2.75) is 19.2 Å². The number of carbonyl (C=O) groups excluding carboxylic acids is 2. The quantitative estimate of drug-likeness (QED) is 0.610. The van der Waals surface area contributed by atoms with Gasteiger partial charge in [0.1, 0.15) is 6.61 Å². The van der Waals surface area contributed by atoms with Crippen LogP contribution >= 0.6 is 0 Å². The van der Waals surface area contributed by atoms with Gasteiger partial charge in [-0.05, 0) is 29.7 Å². The summed E-state index contributed by atoms with van der Waals surface area (Å²) in [5.41, 5.74) is -1.18. The molecule has 32 heavy (non-hydrogen) atoms. The van der Waals surface area contributed by atoms with Crippen molar-refractivity contribution in [1.29, 1.82) is 0 Å². The first kappa shape index (κ1) is 21.4. The topological polar surface area (TPSA) is 88.7 Å². The minimum absolute atomic E-state index is 0.0326. The number of aromatic nitrogens is 1. The fraction of sp³-hybridized carbons (Fsp3) is 0.227. The molecule has 1 aromatic heterocycles. The Hall–Kier alpha value is -3.82. The van der Waals surface area contributed by atoms with Crippen molar-refractivity contribution in [1.82, 2.24) is 4.98 Å². The van der Waals surface area contributed by atoms with Crippen molar-refractivity contribution in [3.8, 4) is 11.3 Å². The Balaban J connectivity index is 1.68. The molecule has 3 aromatic rings. The molecule has 166 valence electrons. The Bertz CT molecular complexity index is 1270. The lowest BCUT2D eigenvalue weighted by atomic mass is 10.0. The van der Waals surface area contributed by atoms with E-state index in [2.05, 4.69) is 4.98 Å². The largest absolute Gasteiger partial charge is 0.462 e. The highest BCUT2D eigenvalue weighted by Gasteiger charge is 2.34. The number of rotatable bonds is 4. The molecule has 1 saturated heterocycles. The Kier molecular flexibility index (Phi) is 5.37. The first-order valence-electron chi connectivity index (χ1n) is 9.58. The van der Waals surface area contributed by atoms with E-state index in [-0.39, 0.29) is 29.8 Å². The number of alkyl halides is 3. The van der Waals surface area contributed by atoms with Gasteiger partial charge in [-0.3, -0.25) is 14.5 Å². The summed E-state index contributed by atoms with van der Waals surface area (Å²) in [6.07, 6.45) is -5.89. The van der Waals surface area contributed by atoms with Crippen LogP contribution in [0.4, 0.5) is 23.7 Å². The van der Waals surface area contributed by atoms with Crippen molar-refractivity contribution in [3.63, 3.8) is 0 Å². The number of esters is 1. The molecule has 1 aliphatic heterocycles. The lowest BCUT2D eigenvalue weighted by molar-refractivity contribution is -0.143. The number of benzene rings is 2. The fourth-order valence-electron chi connectivity index (χ4n) is 3.56. The average molecular weight is 446 g/mol. The van der Waals surface area contributed by atoms with Gasteiger partial charge in [-0.1, -0.05) is 24.3 Å². The Morgan fingerprint density at radius 3 is 2.66 bits per heavy atom. The van der Waals surface area contributed by atoms with Gasteiger partial charge in [-0.2, -0.15) is 13.2 Å². The van der Waals surface area contributed by atoms with Gasteiger partial charge in [0.05, 0.1) is 12.1 Å². The molecule has 0 aliphatic carbocycles. The molecule has 1 aliphatic rings. The Morgan fingerprint density at radius 2 is 1.94 bits per heavy atom. The zero-order chi connectivity index (χ0) is 23.0. The second-order valence-electron chi connectivity index (χ2n) is 7.25. The number of hydrogen-bond donors (Lipinski definition) is 1. The van der Waals surface area contributed by atoms with E-state index in [0.717, 1.165) is 6.07 Å². The number of amides is 1. The number of carbonyl (C=O) groups is 2. The number of fused-ring (bicyclic) bond motifs is 1. The van der Waals surface area contributed by atoms with Gasteiger partial charge in [0.2, 0.25) is 0 Å². The predicted octanol–water partition coefficient (Wildman–Crippen LogP) is 4.10. The van der Waals surface area contributed by atoms with Crippen molar-refractivity contribution in [2.75, 3.05) is 18.1 Å². The summed E-state index contributed by atoms with van der Waals surface area (Å²) in [5, 5.41) is 0.612. The number of nitrogens with zero attached hydrogens (tertiary/aromatic N) is 1. The molecule has 1 fully saturated rings. The normalized spacial score (nSPS) is 16.3. The summed E-state index contributed by atoms with van der Waals surface area (Å²) in [6, 6.07) is 11.0. The molecule has 0 unspecified atom stereocenters. The molecule has 0 bridgehead atoms. The highest BCUT2D eigenvalue weighted by atomic mass is 19.4. The molecule has 0 saturated carbocycles. The minimum atomic E-state index is -4.58. The third-order valence-corrected chi connectivity index (χ3v) is 5.01. The Morgan fingerprint density at radius 1 is 1.19 bits per heavy atom. The maximum Gasteiger partial charge on any atom is 0.417 e. The molecular formula is C22H17F3N2O5. The zero-order valence-electron chi connectivity index (χ0n) is 16.7. The smallest absolute Gasteiger partial charge is 0.417 e. The van der Waals surface area contributed by atoms with E-state index in [9.17, 15) is 27.6 Å². The van der Waals surface area contributed by atoms with Gasteiger partial charge in [-0.15, -0.1) is 0 Å². The molecule has 0 spiro atoms. The second-order valence-corrected chi connectivity index (χ2v) is 7.25. The maximum atomic E-state index is 13.4. The summed E-state index contributed by atoms with van der Waals surface area (Å²) in [7, 11) is 0. The number of hydrogen-bond acceptors (Lipinski definition) is 5. The summed E-state index contributed by atoms with van der Waals surface area (Å²) in [4.78, 5) is 39.6. The van der Waals surface area contributed by atoms with Crippen LogP contribution in [0.3, 0.4) is 0 Å². The number of cyclic esters (lactones) is 1. The van der Waals surface area contributed by atoms with Gasteiger partial charge < -0.3 is 14.5 Å². The SMILES string of the molecule is CC(=O)OC[C@@H]1CN(c2ccc3cc(-c4ccccc4C(F)(F)F)[nH]c(=O)c3c2)C(=O)O1.